The summed E-state index contributed by atoms with van der Waals surface area (Å²) in [5, 5.41) is 15.2. The number of benzene rings is 2. The molecule has 8 heteroatoms. The molecule has 0 radical (unpaired) electrons. The Hall–Kier alpha value is -2.64. The fourth-order valence-electron chi connectivity index (χ4n) is 2.16. The number of amides is 2. The number of halogens is 1. The lowest BCUT2D eigenvalue weighted by Crippen LogP contribution is -2.19. The Bertz CT molecular complexity index is 883. The van der Waals surface area contributed by atoms with Crippen LogP contribution in [0.4, 0.5) is 15.6 Å². The van der Waals surface area contributed by atoms with Crippen molar-refractivity contribution in [3.05, 3.63) is 64.1 Å². The van der Waals surface area contributed by atoms with E-state index in [9.17, 15) is 4.79 Å². The zero-order chi connectivity index (χ0) is 18.4. The number of hydrogen-bond acceptors (Lipinski definition) is 5. The molecule has 6 nitrogen and oxygen atoms in total. The van der Waals surface area contributed by atoms with Crippen LogP contribution < -0.4 is 15.4 Å². The van der Waals surface area contributed by atoms with Gasteiger partial charge in [-0.2, -0.15) is 0 Å². The molecule has 2 amide bonds. The molecule has 2 aromatic carbocycles. The van der Waals surface area contributed by atoms with Gasteiger partial charge in [0.25, 0.3) is 0 Å². The van der Waals surface area contributed by atoms with E-state index in [-0.39, 0.29) is 6.03 Å². The Morgan fingerprint density at radius 1 is 1.15 bits per heavy atom. The van der Waals surface area contributed by atoms with E-state index in [4.69, 9.17) is 16.3 Å². The van der Waals surface area contributed by atoms with Crippen LogP contribution in [-0.2, 0) is 6.42 Å². The van der Waals surface area contributed by atoms with Crippen LogP contribution in [0.15, 0.2) is 48.5 Å². The second-order valence-corrected chi connectivity index (χ2v) is 7.00. The van der Waals surface area contributed by atoms with Gasteiger partial charge in [0.05, 0.1) is 6.61 Å². The highest BCUT2D eigenvalue weighted by molar-refractivity contribution is 7.15. The lowest BCUT2D eigenvalue weighted by Gasteiger charge is -2.05. The van der Waals surface area contributed by atoms with Crippen LogP contribution in [0.2, 0.25) is 5.02 Å². The summed E-state index contributed by atoms with van der Waals surface area (Å²) in [6.07, 6.45) is 0.617. The van der Waals surface area contributed by atoms with Gasteiger partial charge in [0.2, 0.25) is 5.13 Å². The molecular weight excluding hydrogens is 372 g/mol. The number of carbonyl (C=O) groups is 1. The number of aromatic nitrogens is 2. The highest BCUT2D eigenvalue weighted by Crippen LogP contribution is 2.18. The lowest BCUT2D eigenvalue weighted by atomic mass is 10.2. The van der Waals surface area contributed by atoms with Crippen LogP contribution in [0.1, 0.15) is 10.6 Å². The number of carbonyl (C=O) groups excluding carboxylic acids is 1. The van der Waals surface area contributed by atoms with Crippen molar-refractivity contribution < 1.29 is 9.53 Å². The summed E-state index contributed by atoms with van der Waals surface area (Å²) in [7, 11) is 0. The van der Waals surface area contributed by atoms with Crippen molar-refractivity contribution in [3.8, 4) is 5.75 Å². The number of urea groups is 1. The largest absolute Gasteiger partial charge is 0.493 e. The molecule has 0 bridgehead atoms. The van der Waals surface area contributed by atoms with Gasteiger partial charge in [-0.1, -0.05) is 35.1 Å². The van der Waals surface area contributed by atoms with E-state index >= 15 is 0 Å². The van der Waals surface area contributed by atoms with Gasteiger partial charge in [-0.3, -0.25) is 5.32 Å². The van der Waals surface area contributed by atoms with Gasteiger partial charge in [0.1, 0.15) is 10.8 Å². The van der Waals surface area contributed by atoms with Crippen LogP contribution in [0.25, 0.3) is 0 Å². The number of rotatable bonds is 6. The van der Waals surface area contributed by atoms with Crippen LogP contribution in [-0.4, -0.2) is 22.8 Å². The quantitative estimate of drug-likeness (QED) is 0.638. The van der Waals surface area contributed by atoms with Gasteiger partial charge in [-0.15, -0.1) is 10.2 Å². The summed E-state index contributed by atoms with van der Waals surface area (Å²) in [5.74, 6) is 0.829. The van der Waals surface area contributed by atoms with Gasteiger partial charge in [-0.25, -0.2) is 4.79 Å². The first kappa shape index (κ1) is 18.2. The van der Waals surface area contributed by atoms with E-state index in [1.807, 2.05) is 31.2 Å². The SMILES string of the molecule is Cc1cccc(OCCc2nnc(NC(=O)Nc3ccc(Cl)cc3)s2)c1. The Labute approximate surface area is 160 Å². The highest BCUT2D eigenvalue weighted by atomic mass is 35.5. The summed E-state index contributed by atoms with van der Waals surface area (Å²) in [5.41, 5.74) is 1.79. The second-order valence-electron chi connectivity index (χ2n) is 5.50. The van der Waals surface area contributed by atoms with Crippen molar-refractivity contribution in [1.29, 1.82) is 0 Å². The first-order chi connectivity index (χ1) is 12.6. The van der Waals surface area contributed by atoms with Crippen LogP contribution >= 0.6 is 22.9 Å². The summed E-state index contributed by atoms with van der Waals surface area (Å²) in [6, 6.07) is 14.3. The predicted molar refractivity (Wildman–Crippen MR) is 104 cm³/mol. The number of ether oxygens (including phenoxy) is 1. The summed E-state index contributed by atoms with van der Waals surface area (Å²) < 4.78 is 5.70. The molecule has 134 valence electrons. The van der Waals surface area contributed by atoms with E-state index in [0.29, 0.717) is 28.9 Å². The fourth-order valence-corrected chi connectivity index (χ4v) is 3.00. The summed E-state index contributed by atoms with van der Waals surface area (Å²) >= 11 is 7.13. The highest BCUT2D eigenvalue weighted by Gasteiger charge is 2.08. The number of nitrogens with zero attached hydrogens (tertiary/aromatic N) is 2. The van der Waals surface area contributed by atoms with Gasteiger partial charge in [0, 0.05) is 17.1 Å². The van der Waals surface area contributed by atoms with Crippen LogP contribution in [0.5, 0.6) is 5.75 Å². The van der Waals surface area contributed by atoms with Crippen LogP contribution in [0.3, 0.4) is 0 Å². The molecule has 3 aromatic rings. The molecule has 0 aliphatic carbocycles. The average Bonchev–Trinajstić information content (AvgIpc) is 3.04. The topological polar surface area (TPSA) is 76.1 Å². The smallest absolute Gasteiger partial charge is 0.325 e. The molecule has 1 heterocycles. The van der Waals surface area contributed by atoms with Crippen molar-refractivity contribution in [2.75, 3.05) is 17.2 Å². The molecule has 0 saturated carbocycles. The first-order valence-corrected chi connectivity index (χ1v) is 9.13. The lowest BCUT2D eigenvalue weighted by molar-refractivity contribution is 0.262. The minimum atomic E-state index is -0.383. The zero-order valence-electron chi connectivity index (χ0n) is 14.0. The fraction of sp³-hybridized carbons (Fsp3) is 0.167. The molecule has 2 N–H and O–H groups in total. The molecule has 26 heavy (non-hydrogen) atoms. The Kier molecular flexibility index (Phi) is 6.04. The van der Waals surface area contributed by atoms with Gasteiger partial charge >= 0.3 is 6.03 Å². The average molecular weight is 389 g/mol. The monoisotopic (exact) mass is 388 g/mol. The molecule has 0 atom stereocenters. The van der Waals surface area contributed by atoms with Gasteiger partial charge in [0.15, 0.2) is 0 Å². The van der Waals surface area contributed by atoms with Crippen molar-refractivity contribution >= 4 is 39.8 Å². The molecule has 0 unspecified atom stereocenters. The van der Waals surface area contributed by atoms with Gasteiger partial charge < -0.3 is 10.1 Å². The van der Waals surface area contributed by atoms with Crippen LogP contribution in [0, 0.1) is 6.92 Å². The van der Waals surface area contributed by atoms with E-state index in [1.54, 1.807) is 24.3 Å². The minimum Gasteiger partial charge on any atom is -0.493 e. The Morgan fingerprint density at radius 2 is 1.96 bits per heavy atom. The normalized spacial score (nSPS) is 10.4. The maximum atomic E-state index is 12.0. The third-order valence-electron chi connectivity index (χ3n) is 3.36. The Balaban J connectivity index is 1.46. The van der Waals surface area contributed by atoms with E-state index in [1.165, 1.54) is 11.3 Å². The maximum absolute atomic E-state index is 12.0. The van der Waals surface area contributed by atoms with Crippen molar-refractivity contribution in [1.82, 2.24) is 10.2 Å². The number of aryl methyl sites for hydroxylation is 1. The zero-order valence-corrected chi connectivity index (χ0v) is 15.6. The first-order valence-electron chi connectivity index (χ1n) is 7.94. The minimum absolute atomic E-state index is 0.383. The Morgan fingerprint density at radius 3 is 2.73 bits per heavy atom. The van der Waals surface area contributed by atoms with Gasteiger partial charge in [-0.05, 0) is 48.9 Å². The third-order valence-corrected chi connectivity index (χ3v) is 4.51. The predicted octanol–water partition coefficient (Wildman–Crippen LogP) is 4.77. The molecule has 0 fully saturated rings. The standard InChI is InChI=1S/C18H17ClN4O2S/c1-12-3-2-4-15(11-12)25-10-9-16-22-23-18(26-16)21-17(24)20-14-7-5-13(19)6-8-14/h2-8,11H,9-10H2,1H3,(H2,20,21,23,24). The number of hydrogen-bond donors (Lipinski definition) is 2. The number of nitrogens with one attached hydrogen (secondary N) is 2. The molecule has 3 rings (SSSR count). The number of anilines is 2. The van der Waals surface area contributed by atoms with E-state index < -0.39 is 0 Å². The molecule has 0 spiro atoms. The third kappa shape index (κ3) is 5.44. The summed E-state index contributed by atoms with van der Waals surface area (Å²) in [6.45, 7) is 2.51. The molecular formula is C18H17ClN4O2S. The van der Waals surface area contributed by atoms with Crippen molar-refractivity contribution in [2.45, 2.75) is 13.3 Å². The molecule has 1 aromatic heterocycles. The molecule has 0 aliphatic rings. The van der Waals surface area contributed by atoms with Crippen molar-refractivity contribution in [3.63, 3.8) is 0 Å². The van der Waals surface area contributed by atoms with Crippen molar-refractivity contribution in [2.24, 2.45) is 0 Å². The maximum Gasteiger partial charge on any atom is 0.325 e. The molecule has 0 aliphatic heterocycles. The van der Waals surface area contributed by atoms with E-state index in [0.717, 1.165) is 16.3 Å². The second kappa shape index (κ2) is 8.64. The van der Waals surface area contributed by atoms with E-state index in [2.05, 4.69) is 20.8 Å². The molecule has 0 saturated heterocycles. The summed E-state index contributed by atoms with van der Waals surface area (Å²) in [4.78, 5) is 12.0.